The average Bonchev–Trinajstić information content (AvgIpc) is 2.38. The van der Waals surface area contributed by atoms with E-state index >= 15 is 0 Å². The van der Waals surface area contributed by atoms with Crippen molar-refractivity contribution in [3.05, 3.63) is 72.0 Å². The van der Waals surface area contributed by atoms with Crippen LogP contribution in [0, 0.1) is 6.92 Å². The largest absolute Gasteiger partial charge is 0.494 e. The van der Waals surface area contributed by atoms with Crippen LogP contribution in [0.25, 0.3) is 11.1 Å². The topological polar surface area (TPSA) is 9.23 Å². The maximum atomic E-state index is 5.39. The van der Waals surface area contributed by atoms with Crippen molar-refractivity contribution in [3.63, 3.8) is 0 Å². The molecule has 0 bridgehead atoms. The summed E-state index contributed by atoms with van der Waals surface area (Å²) in [7, 11) is 0. The van der Waals surface area contributed by atoms with Gasteiger partial charge in [0, 0.05) is 0 Å². The third-order valence-corrected chi connectivity index (χ3v) is 2.82. The lowest BCUT2D eigenvalue weighted by Crippen LogP contribution is -1.89. The molecule has 1 nitrogen and oxygen atoms in total. The van der Waals surface area contributed by atoms with Gasteiger partial charge in [0.25, 0.3) is 0 Å². The Morgan fingerprint density at radius 1 is 0.944 bits per heavy atom. The fraction of sp³-hybridized carbons (Fsp3) is 0.176. The number of rotatable bonds is 4. The van der Waals surface area contributed by atoms with Gasteiger partial charge in [0.05, 0.1) is 5.76 Å². The average molecular weight is 238 g/mol. The van der Waals surface area contributed by atoms with Crippen LogP contribution in [0.2, 0.25) is 0 Å². The molecule has 0 heterocycles. The summed E-state index contributed by atoms with van der Waals surface area (Å²) in [4.78, 5) is 0. The van der Waals surface area contributed by atoms with E-state index in [1.165, 1.54) is 16.7 Å². The minimum Gasteiger partial charge on any atom is -0.494 e. The lowest BCUT2D eigenvalue weighted by Gasteiger charge is -2.07. The highest BCUT2D eigenvalue weighted by molar-refractivity contribution is 5.63. The highest BCUT2D eigenvalue weighted by Crippen LogP contribution is 2.20. The van der Waals surface area contributed by atoms with E-state index in [4.69, 9.17) is 4.74 Å². The number of allylic oxidation sites excluding steroid dienone is 1. The number of aryl methyl sites for hydroxylation is 1. The third-order valence-electron chi connectivity index (χ3n) is 2.82. The second-order valence-corrected chi connectivity index (χ2v) is 4.55. The highest BCUT2D eigenvalue weighted by atomic mass is 16.5. The fourth-order valence-electron chi connectivity index (χ4n) is 1.75. The van der Waals surface area contributed by atoms with Crippen LogP contribution in [0.5, 0.6) is 0 Å². The second kappa shape index (κ2) is 5.54. The Labute approximate surface area is 109 Å². The van der Waals surface area contributed by atoms with Crippen LogP contribution in [0.4, 0.5) is 0 Å². The molecule has 18 heavy (non-hydrogen) atoms. The van der Waals surface area contributed by atoms with Gasteiger partial charge in [0.15, 0.2) is 0 Å². The smallest absolute Gasteiger partial charge is 0.113 e. The Kier molecular flexibility index (Phi) is 3.83. The molecule has 0 aliphatic rings. The van der Waals surface area contributed by atoms with Crippen LogP contribution in [-0.2, 0) is 11.3 Å². The summed E-state index contributed by atoms with van der Waals surface area (Å²) in [5.74, 6) is 0.748. The van der Waals surface area contributed by atoms with Gasteiger partial charge in [-0.1, -0.05) is 60.7 Å². The molecule has 0 aromatic heterocycles. The van der Waals surface area contributed by atoms with Crippen molar-refractivity contribution < 1.29 is 4.74 Å². The van der Waals surface area contributed by atoms with Crippen molar-refractivity contribution in [1.29, 1.82) is 0 Å². The number of hydrogen-bond donors (Lipinski definition) is 0. The van der Waals surface area contributed by atoms with Crippen molar-refractivity contribution in [2.75, 3.05) is 0 Å². The molecule has 2 aromatic rings. The van der Waals surface area contributed by atoms with Crippen LogP contribution in [0.3, 0.4) is 0 Å². The van der Waals surface area contributed by atoms with Crippen molar-refractivity contribution in [2.45, 2.75) is 20.5 Å². The van der Waals surface area contributed by atoms with Gasteiger partial charge in [-0.15, -0.1) is 0 Å². The van der Waals surface area contributed by atoms with Gasteiger partial charge in [-0.05, 0) is 30.5 Å². The van der Waals surface area contributed by atoms with Gasteiger partial charge in [0.2, 0.25) is 0 Å². The zero-order chi connectivity index (χ0) is 13.0. The summed E-state index contributed by atoms with van der Waals surface area (Å²) in [5, 5.41) is 0. The van der Waals surface area contributed by atoms with Crippen LogP contribution in [0.15, 0.2) is 60.9 Å². The summed E-state index contributed by atoms with van der Waals surface area (Å²) in [6, 6.07) is 17.0. The van der Waals surface area contributed by atoms with Crippen molar-refractivity contribution in [2.24, 2.45) is 0 Å². The molecule has 92 valence electrons. The molecule has 0 fully saturated rings. The molecule has 0 atom stereocenters. The number of ether oxygens (including phenoxy) is 1. The molecule has 2 rings (SSSR count). The van der Waals surface area contributed by atoms with Gasteiger partial charge in [-0.25, -0.2) is 0 Å². The zero-order valence-electron chi connectivity index (χ0n) is 10.9. The van der Waals surface area contributed by atoms with Gasteiger partial charge >= 0.3 is 0 Å². The molecule has 0 spiro atoms. The minimum absolute atomic E-state index is 0.587. The Morgan fingerprint density at radius 2 is 1.44 bits per heavy atom. The highest BCUT2D eigenvalue weighted by Gasteiger charge is 1.98. The second-order valence-electron chi connectivity index (χ2n) is 4.55. The Morgan fingerprint density at radius 3 is 1.94 bits per heavy atom. The van der Waals surface area contributed by atoms with E-state index in [0.717, 1.165) is 11.3 Å². The Bertz CT molecular complexity index is 521. The van der Waals surface area contributed by atoms with E-state index in [1.807, 2.05) is 6.92 Å². The summed E-state index contributed by atoms with van der Waals surface area (Å²) < 4.78 is 5.39. The van der Waals surface area contributed by atoms with E-state index in [9.17, 15) is 0 Å². The van der Waals surface area contributed by atoms with E-state index < -0.39 is 0 Å². The predicted octanol–water partition coefficient (Wildman–Crippen LogP) is 4.71. The molecular weight excluding hydrogens is 220 g/mol. The molecule has 0 radical (unpaired) electrons. The molecule has 0 saturated heterocycles. The number of hydrogen-bond acceptors (Lipinski definition) is 1. The Hall–Kier alpha value is -2.02. The Balaban J connectivity index is 2.12. The van der Waals surface area contributed by atoms with Crippen LogP contribution in [-0.4, -0.2) is 0 Å². The zero-order valence-corrected chi connectivity index (χ0v) is 10.9. The molecule has 0 N–H and O–H groups in total. The van der Waals surface area contributed by atoms with Crippen LogP contribution < -0.4 is 0 Å². The monoisotopic (exact) mass is 238 g/mol. The first-order chi connectivity index (χ1) is 8.65. The third kappa shape index (κ3) is 3.24. The molecule has 2 aromatic carbocycles. The first-order valence-electron chi connectivity index (χ1n) is 6.09. The number of benzene rings is 2. The quantitative estimate of drug-likeness (QED) is 0.701. The van der Waals surface area contributed by atoms with E-state index in [-0.39, 0.29) is 0 Å². The lowest BCUT2D eigenvalue weighted by molar-refractivity contribution is 0.202. The molecule has 0 amide bonds. The molecular formula is C17H18O. The lowest BCUT2D eigenvalue weighted by atomic mass is 10.0. The van der Waals surface area contributed by atoms with Crippen molar-refractivity contribution in [1.82, 2.24) is 0 Å². The minimum atomic E-state index is 0.587. The molecule has 0 unspecified atom stereocenters. The maximum absolute atomic E-state index is 5.39. The molecule has 0 aliphatic carbocycles. The van der Waals surface area contributed by atoms with Gasteiger partial charge in [-0.3, -0.25) is 0 Å². The van der Waals surface area contributed by atoms with Gasteiger partial charge in [0.1, 0.15) is 6.61 Å². The summed E-state index contributed by atoms with van der Waals surface area (Å²) in [6.45, 7) is 8.27. The van der Waals surface area contributed by atoms with Gasteiger partial charge in [-0.2, -0.15) is 0 Å². The van der Waals surface area contributed by atoms with Crippen LogP contribution in [0.1, 0.15) is 18.1 Å². The SMILES string of the molecule is C=C(C)OCc1ccc(-c2ccc(C)cc2)cc1. The van der Waals surface area contributed by atoms with Crippen LogP contribution >= 0.6 is 0 Å². The molecule has 0 saturated carbocycles. The predicted molar refractivity (Wildman–Crippen MR) is 76.2 cm³/mol. The molecule has 0 aliphatic heterocycles. The van der Waals surface area contributed by atoms with Crippen molar-refractivity contribution in [3.8, 4) is 11.1 Å². The van der Waals surface area contributed by atoms with Gasteiger partial charge < -0.3 is 4.74 Å². The van der Waals surface area contributed by atoms with Crippen molar-refractivity contribution >= 4 is 0 Å². The first-order valence-corrected chi connectivity index (χ1v) is 6.09. The normalized spacial score (nSPS) is 10.1. The first kappa shape index (κ1) is 12.4. The van der Waals surface area contributed by atoms with E-state index in [1.54, 1.807) is 0 Å². The summed E-state index contributed by atoms with van der Waals surface area (Å²) in [5.41, 5.74) is 4.92. The fourth-order valence-corrected chi connectivity index (χ4v) is 1.75. The summed E-state index contributed by atoms with van der Waals surface area (Å²) >= 11 is 0. The summed E-state index contributed by atoms with van der Waals surface area (Å²) in [6.07, 6.45) is 0. The maximum Gasteiger partial charge on any atom is 0.113 e. The van der Waals surface area contributed by atoms with E-state index in [2.05, 4.69) is 62.0 Å². The molecule has 1 heteroatoms. The van der Waals surface area contributed by atoms with E-state index in [0.29, 0.717) is 6.61 Å². The standard InChI is InChI=1S/C17H18O/c1-13(2)18-12-15-6-10-17(11-7-15)16-8-4-14(3)5-9-16/h4-11H,1,12H2,2-3H3.